The van der Waals surface area contributed by atoms with E-state index in [4.69, 9.17) is 0 Å². The summed E-state index contributed by atoms with van der Waals surface area (Å²) >= 11 is 1.38. The molecule has 7 nitrogen and oxygen atoms in total. The molecule has 172 valence electrons. The first-order valence-electron chi connectivity index (χ1n) is 10.3. The van der Waals surface area contributed by atoms with Gasteiger partial charge in [0.15, 0.2) is 5.69 Å². The second-order valence-corrected chi connectivity index (χ2v) is 8.67. The highest BCUT2D eigenvalue weighted by molar-refractivity contribution is 7.12. The van der Waals surface area contributed by atoms with Crippen molar-refractivity contribution >= 4 is 23.1 Å². The molecule has 3 aromatic rings. The molecule has 3 heterocycles. The molecule has 0 aliphatic carbocycles. The van der Waals surface area contributed by atoms with Gasteiger partial charge in [-0.25, -0.2) is 4.79 Å². The van der Waals surface area contributed by atoms with Crippen molar-refractivity contribution < 1.29 is 18.0 Å². The lowest BCUT2D eigenvalue weighted by Crippen LogP contribution is -2.28. The molecule has 2 amide bonds. The zero-order chi connectivity index (χ0) is 23.8. The number of halogens is 3. The molecule has 0 radical (unpaired) electrons. The van der Waals surface area contributed by atoms with Gasteiger partial charge in [-0.05, 0) is 41.8 Å². The SMILES string of the molecule is CCn1cc(-c2cc(NC(=O)NC)ccc2C2CNCc3sc(C#N)cc32)c(C(F)(F)F)n1. The Morgan fingerprint density at radius 1 is 1.33 bits per heavy atom. The number of aromatic nitrogens is 2. The standard InChI is InChI=1S/C22H21F3N6OS/c1-3-31-11-18(20(30-31)22(23,24)25)15-6-12(29-21(32)27-2)4-5-14(15)17-9-28-10-19-16(17)7-13(8-26)33-19/h4-7,11,17,28H,3,9-10H2,1-2H3,(H2,27,29,32). The minimum atomic E-state index is -4.65. The maximum atomic E-state index is 13.9. The van der Waals surface area contributed by atoms with E-state index in [-0.39, 0.29) is 18.0 Å². The lowest BCUT2D eigenvalue weighted by Gasteiger charge is -2.26. The summed E-state index contributed by atoms with van der Waals surface area (Å²) in [5.41, 5.74) is 1.25. The Bertz CT molecular complexity index is 1240. The van der Waals surface area contributed by atoms with Crippen LogP contribution in [0.2, 0.25) is 0 Å². The number of fused-ring (bicyclic) bond motifs is 1. The van der Waals surface area contributed by atoms with Gasteiger partial charge in [0.1, 0.15) is 10.9 Å². The quantitative estimate of drug-likeness (QED) is 0.519. The van der Waals surface area contributed by atoms with Gasteiger partial charge >= 0.3 is 12.2 Å². The third kappa shape index (κ3) is 4.44. The van der Waals surface area contributed by atoms with Crippen molar-refractivity contribution in [3.05, 3.63) is 57.0 Å². The van der Waals surface area contributed by atoms with Crippen molar-refractivity contribution in [3.8, 4) is 17.2 Å². The van der Waals surface area contributed by atoms with Crippen LogP contribution in [0.4, 0.5) is 23.7 Å². The number of thiophene rings is 1. The molecule has 0 fully saturated rings. The number of rotatable bonds is 4. The van der Waals surface area contributed by atoms with E-state index in [1.807, 2.05) is 6.07 Å². The third-order valence-corrected chi connectivity index (χ3v) is 6.57. The summed E-state index contributed by atoms with van der Waals surface area (Å²) in [5.74, 6) is -0.262. The number of nitrogens with zero attached hydrogens (tertiary/aromatic N) is 3. The number of benzene rings is 1. The Morgan fingerprint density at radius 2 is 2.12 bits per heavy atom. The van der Waals surface area contributed by atoms with Crippen molar-refractivity contribution in [1.82, 2.24) is 20.4 Å². The van der Waals surface area contributed by atoms with Crippen LogP contribution in [0.15, 0.2) is 30.5 Å². The van der Waals surface area contributed by atoms with Crippen LogP contribution in [-0.2, 0) is 19.3 Å². The van der Waals surface area contributed by atoms with Crippen molar-refractivity contribution in [2.24, 2.45) is 0 Å². The molecule has 2 aromatic heterocycles. The van der Waals surface area contributed by atoms with E-state index in [2.05, 4.69) is 27.1 Å². The highest BCUT2D eigenvalue weighted by atomic mass is 32.1. The molecule has 0 spiro atoms. The smallest absolute Gasteiger partial charge is 0.341 e. The Balaban J connectivity index is 1.92. The number of carbonyl (C=O) groups is 1. The molecule has 3 N–H and O–H groups in total. The van der Waals surface area contributed by atoms with Gasteiger partial charge in [0.25, 0.3) is 0 Å². The molecule has 0 bridgehead atoms. The first-order valence-corrected chi connectivity index (χ1v) is 11.1. The highest BCUT2D eigenvalue weighted by Gasteiger charge is 2.39. The fourth-order valence-corrected chi connectivity index (χ4v) is 4.99. The maximum absolute atomic E-state index is 13.9. The van der Waals surface area contributed by atoms with E-state index >= 15 is 0 Å². The normalized spacial score (nSPS) is 15.6. The number of amides is 2. The molecule has 11 heteroatoms. The van der Waals surface area contributed by atoms with Crippen LogP contribution < -0.4 is 16.0 Å². The summed E-state index contributed by atoms with van der Waals surface area (Å²) < 4.78 is 43.0. The van der Waals surface area contributed by atoms with Crippen LogP contribution in [0, 0.1) is 11.3 Å². The van der Waals surface area contributed by atoms with E-state index in [9.17, 15) is 23.2 Å². The molecule has 1 unspecified atom stereocenters. The van der Waals surface area contributed by atoms with E-state index in [1.165, 1.54) is 29.3 Å². The van der Waals surface area contributed by atoms with Crippen molar-refractivity contribution in [2.45, 2.75) is 32.1 Å². The van der Waals surface area contributed by atoms with Gasteiger partial charge in [0.05, 0.1) is 0 Å². The average molecular weight is 475 g/mol. The summed E-state index contributed by atoms with van der Waals surface area (Å²) in [4.78, 5) is 13.4. The molecule has 1 atom stereocenters. The molecule has 1 aromatic carbocycles. The van der Waals surface area contributed by atoms with Gasteiger partial charge in [0, 0.05) is 54.9 Å². The number of hydrogen-bond acceptors (Lipinski definition) is 5. The van der Waals surface area contributed by atoms with Gasteiger partial charge in [-0.3, -0.25) is 4.68 Å². The molecular weight excluding hydrogens is 453 g/mol. The lowest BCUT2D eigenvalue weighted by atomic mass is 9.84. The highest BCUT2D eigenvalue weighted by Crippen LogP contribution is 2.43. The Kier molecular flexibility index (Phi) is 6.14. The van der Waals surface area contributed by atoms with Crippen LogP contribution in [-0.4, -0.2) is 29.4 Å². The summed E-state index contributed by atoms with van der Waals surface area (Å²) in [6.07, 6.45) is -3.26. The number of nitrogens with one attached hydrogen (secondary N) is 3. The first-order chi connectivity index (χ1) is 15.7. The summed E-state index contributed by atoms with van der Waals surface area (Å²) in [6.45, 7) is 3.10. The molecule has 0 saturated heterocycles. The number of alkyl halides is 3. The second kappa shape index (κ2) is 8.88. The van der Waals surface area contributed by atoms with Crippen LogP contribution in [0.25, 0.3) is 11.1 Å². The summed E-state index contributed by atoms with van der Waals surface area (Å²) in [5, 5.41) is 21.5. The van der Waals surface area contributed by atoms with Crippen LogP contribution >= 0.6 is 11.3 Å². The Morgan fingerprint density at radius 3 is 2.79 bits per heavy atom. The van der Waals surface area contributed by atoms with Crippen LogP contribution in [0.3, 0.4) is 0 Å². The maximum Gasteiger partial charge on any atom is 0.435 e. The lowest BCUT2D eigenvalue weighted by molar-refractivity contribution is -0.141. The monoisotopic (exact) mass is 474 g/mol. The third-order valence-electron chi connectivity index (χ3n) is 5.52. The largest absolute Gasteiger partial charge is 0.435 e. The Labute approximate surface area is 192 Å². The summed E-state index contributed by atoms with van der Waals surface area (Å²) in [6, 6.07) is 8.43. The molecule has 1 aliphatic rings. The number of nitriles is 1. The van der Waals surface area contributed by atoms with Gasteiger partial charge < -0.3 is 16.0 Å². The Hall–Kier alpha value is -3.36. The molecule has 0 saturated carbocycles. The minimum absolute atomic E-state index is 0.0530. The number of urea groups is 1. The number of carbonyl (C=O) groups excluding carboxylic acids is 1. The first kappa shape index (κ1) is 22.8. The molecule has 4 rings (SSSR count). The average Bonchev–Trinajstić information content (AvgIpc) is 3.43. The topological polar surface area (TPSA) is 94.8 Å². The van der Waals surface area contributed by atoms with E-state index < -0.39 is 17.9 Å². The van der Waals surface area contributed by atoms with Crippen molar-refractivity contribution in [2.75, 3.05) is 18.9 Å². The van der Waals surface area contributed by atoms with Gasteiger partial charge in [-0.15, -0.1) is 11.3 Å². The molecular formula is C22H21F3N6OS. The van der Waals surface area contributed by atoms with Crippen molar-refractivity contribution in [3.63, 3.8) is 0 Å². The zero-order valence-electron chi connectivity index (χ0n) is 17.9. The van der Waals surface area contributed by atoms with E-state index in [1.54, 1.807) is 25.1 Å². The van der Waals surface area contributed by atoms with Crippen molar-refractivity contribution in [1.29, 1.82) is 5.26 Å². The van der Waals surface area contributed by atoms with Crippen LogP contribution in [0.1, 0.15) is 39.4 Å². The fourth-order valence-electron chi connectivity index (χ4n) is 4.00. The van der Waals surface area contributed by atoms with Gasteiger partial charge in [-0.2, -0.15) is 23.5 Å². The number of hydrogen-bond donors (Lipinski definition) is 3. The van der Waals surface area contributed by atoms with Gasteiger partial charge in [0.2, 0.25) is 0 Å². The van der Waals surface area contributed by atoms with E-state index in [0.717, 1.165) is 10.4 Å². The second-order valence-electron chi connectivity index (χ2n) is 7.54. The number of anilines is 1. The molecule has 33 heavy (non-hydrogen) atoms. The van der Waals surface area contributed by atoms with E-state index in [0.29, 0.717) is 34.8 Å². The van der Waals surface area contributed by atoms with Crippen LogP contribution in [0.5, 0.6) is 0 Å². The minimum Gasteiger partial charge on any atom is -0.341 e. The molecule has 1 aliphatic heterocycles. The zero-order valence-corrected chi connectivity index (χ0v) is 18.7. The predicted octanol–water partition coefficient (Wildman–Crippen LogP) is 4.51. The summed E-state index contributed by atoms with van der Waals surface area (Å²) in [7, 11) is 1.45. The predicted molar refractivity (Wildman–Crippen MR) is 119 cm³/mol. The fraction of sp³-hybridized carbons (Fsp3) is 0.318. The van der Waals surface area contributed by atoms with Gasteiger partial charge in [-0.1, -0.05) is 6.07 Å². The number of aryl methyl sites for hydroxylation is 1.